The van der Waals surface area contributed by atoms with Crippen LogP contribution in [0.5, 0.6) is 0 Å². The molecule has 1 heterocycles. The third-order valence-electron chi connectivity index (χ3n) is 2.06. The lowest BCUT2D eigenvalue weighted by molar-refractivity contribution is 0.0948. The molecule has 0 unspecified atom stereocenters. The number of hydrogen-bond donors (Lipinski definition) is 3. The van der Waals surface area contributed by atoms with Crippen LogP contribution >= 0.6 is 0 Å². The molecule has 0 atom stereocenters. The van der Waals surface area contributed by atoms with Crippen LogP contribution in [0.15, 0.2) is 0 Å². The topological polar surface area (TPSA) is 61.5 Å². The van der Waals surface area contributed by atoms with Gasteiger partial charge in [-0.3, -0.25) is 5.84 Å². The Morgan fingerprint density at radius 3 is 2.50 bits per heavy atom. The van der Waals surface area contributed by atoms with Gasteiger partial charge in [0.25, 0.3) is 0 Å². The van der Waals surface area contributed by atoms with Crippen LogP contribution in [0.1, 0.15) is 12.8 Å². The molecule has 0 spiro atoms. The van der Waals surface area contributed by atoms with E-state index in [1.807, 2.05) is 5.01 Å². The summed E-state index contributed by atoms with van der Waals surface area (Å²) in [5, 5.41) is 10.7. The minimum Gasteiger partial charge on any atom is -0.396 e. The number of nitrogens with zero attached hydrogens (tertiary/aromatic N) is 1. The fourth-order valence-corrected chi connectivity index (χ4v) is 1.24. The van der Waals surface area contributed by atoms with Crippen LogP contribution in [0.3, 0.4) is 0 Å². The minimum atomic E-state index is 0.318. The summed E-state index contributed by atoms with van der Waals surface area (Å²) < 4.78 is 0. The summed E-state index contributed by atoms with van der Waals surface area (Å²) in [4.78, 5) is 0. The van der Waals surface area contributed by atoms with Gasteiger partial charge in [0.1, 0.15) is 0 Å². The van der Waals surface area contributed by atoms with Crippen molar-refractivity contribution >= 4 is 0 Å². The van der Waals surface area contributed by atoms with E-state index in [2.05, 4.69) is 5.53 Å². The van der Waals surface area contributed by atoms with Crippen molar-refractivity contribution in [1.82, 2.24) is 10.5 Å². The molecule has 60 valence electrons. The third kappa shape index (κ3) is 1.91. The molecule has 0 aliphatic carbocycles. The Labute approximate surface area is 60.9 Å². The molecule has 4 N–H and O–H groups in total. The molecule has 4 heteroatoms. The van der Waals surface area contributed by atoms with E-state index in [1.54, 1.807) is 0 Å². The number of hydrogen-bond acceptors (Lipinski definition) is 4. The van der Waals surface area contributed by atoms with E-state index in [4.69, 9.17) is 10.9 Å². The van der Waals surface area contributed by atoms with Crippen molar-refractivity contribution in [1.29, 1.82) is 0 Å². The van der Waals surface area contributed by atoms with Crippen molar-refractivity contribution in [2.75, 3.05) is 19.7 Å². The molecule has 4 nitrogen and oxygen atoms in total. The van der Waals surface area contributed by atoms with E-state index >= 15 is 0 Å². The standard InChI is InChI=1S/C6H15N3O/c7-8-9-3-1-6(5-10)2-4-9/h6,8,10H,1-5,7H2. The van der Waals surface area contributed by atoms with Crippen molar-refractivity contribution in [2.24, 2.45) is 11.8 Å². The molecule has 10 heavy (non-hydrogen) atoms. The van der Waals surface area contributed by atoms with Gasteiger partial charge in [-0.05, 0) is 18.8 Å². The fourth-order valence-electron chi connectivity index (χ4n) is 1.24. The molecule has 0 aromatic carbocycles. The first-order valence-corrected chi connectivity index (χ1v) is 3.69. The zero-order valence-electron chi connectivity index (χ0n) is 6.08. The maximum atomic E-state index is 8.78. The highest BCUT2D eigenvalue weighted by molar-refractivity contribution is 4.67. The molecule has 1 rings (SSSR count). The van der Waals surface area contributed by atoms with Gasteiger partial charge in [-0.1, -0.05) is 0 Å². The lowest BCUT2D eigenvalue weighted by atomic mass is 9.99. The van der Waals surface area contributed by atoms with Crippen LogP contribution in [-0.4, -0.2) is 29.8 Å². The summed E-state index contributed by atoms with van der Waals surface area (Å²) in [6.45, 7) is 2.21. The molecule has 0 bridgehead atoms. The van der Waals surface area contributed by atoms with E-state index in [9.17, 15) is 0 Å². The maximum absolute atomic E-state index is 8.78. The molecule has 1 fully saturated rings. The predicted molar refractivity (Wildman–Crippen MR) is 38.7 cm³/mol. The predicted octanol–water partition coefficient (Wildman–Crippen LogP) is -0.931. The van der Waals surface area contributed by atoms with E-state index in [1.165, 1.54) is 0 Å². The van der Waals surface area contributed by atoms with Crippen LogP contribution in [0.25, 0.3) is 0 Å². The van der Waals surface area contributed by atoms with Gasteiger partial charge in [0.15, 0.2) is 0 Å². The highest BCUT2D eigenvalue weighted by Crippen LogP contribution is 2.13. The highest BCUT2D eigenvalue weighted by atomic mass is 16.3. The minimum absolute atomic E-state index is 0.318. The number of nitrogens with one attached hydrogen (secondary N) is 1. The zero-order chi connectivity index (χ0) is 7.40. The molecular weight excluding hydrogens is 130 g/mol. The van der Waals surface area contributed by atoms with Crippen LogP contribution < -0.4 is 11.4 Å². The Morgan fingerprint density at radius 1 is 1.50 bits per heavy atom. The van der Waals surface area contributed by atoms with Crippen molar-refractivity contribution in [3.8, 4) is 0 Å². The molecule has 0 aromatic rings. The molecule has 0 aromatic heterocycles. The highest BCUT2D eigenvalue weighted by Gasteiger charge is 2.16. The summed E-state index contributed by atoms with van der Waals surface area (Å²) in [6.07, 6.45) is 2.08. The number of aliphatic hydroxyl groups excluding tert-OH is 1. The SMILES string of the molecule is NNN1CCC(CO)CC1. The summed E-state index contributed by atoms with van der Waals surface area (Å²) in [5.74, 6) is 5.69. The molecular formula is C6H15N3O. The Kier molecular flexibility index (Phi) is 3.08. The lowest BCUT2D eigenvalue weighted by Gasteiger charge is -2.29. The average Bonchev–Trinajstić information content (AvgIpc) is 2.05. The Balaban J connectivity index is 2.17. The Hall–Kier alpha value is -0.160. The third-order valence-corrected chi connectivity index (χ3v) is 2.06. The Morgan fingerprint density at radius 2 is 2.10 bits per heavy atom. The summed E-state index contributed by atoms with van der Waals surface area (Å²) in [5.41, 5.74) is 2.60. The first-order chi connectivity index (χ1) is 4.86. The van der Waals surface area contributed by atoms with Crippen LogP contribution in [-0.2, 0) is 0 Å². The van der Waals surface area contributed by atoms with Crippen molar-refractivity contribution in [3.63, 3.8) is 0 Å². The largest absolute Gasteiger partial charge is 0.396 e. The zero-order valence-corrected chi connectivity index (χ0v) is 6.08. The number of aliphatic hydroxyl groups is 1. The average molecular weight is 145 g/mol. The van der Waals surface area contributed by atoms with E-state index < -0.39 is 0 Å². The van der Waals surface area contributed by atoms with Gasteiger partial charge in [-0.15, -0.1) is 0 Å². The number of hydrazine groups is 2. The first-order valence-electron chi connectivity index (χ1n) is 3.69. The van der Waals surface area contributed by atoms with Crippen molar-refractivity contribution in [2.45, 2.75) is 12.8 Å². The fraction of sp³-hybridized carbons (Fsp3) is 1.00. The van der Waals surface area contributed by atoms with Crippen LogP contribution in [0.4, 0.5) is 0 Å². The molecule has 0 amide bonds. The van der Waals surface area contributed by atoms with Gasteiger partial charge >= 0.3 is 0 Å². The van der Waals surface area contributed by atoms with E-state index in [0.29, 0.717) is 12.5 Å². The van der Waals surface area contributed by atoms with Crippen LogP contribution in [0, 0.1) is 5.92 Å². The number of nitrogens with two attached hydrogens (primary N) is 1. The second kappa shape index (κ2) is 3.88. The van der Waals surface area contributed by atoms with E-state index in [-0.39, 0.29) is 0 Å². The summed E-state index contributed by atoms with van der Waals surface area (Å²) in [6, 6.07) is 0. The van der Waals surface area contributed by atoms with Crippen molar-refractivity contribution in [3.05, 3.63) is 0 Å². The van der Waals surface area contributed by atoms with Gasteiger partial charge in [-0.2, -0.15) is 5.53 Å². The van der Waals surface area contributed by atoms with Gasteiger partial charge in [0, 0.05) is 19.7 Å². The second-order valence-corrected chi connectivity index (χ2v) is 2.74. The van der Waals surface area contributed by atoms with Gasteiger partial charge < -0.3 is 5.11 Å². The molecule has 0 saturated carbocycles. The normalized spacial score (nSPS) is 23.4. The molecule has 1 saturated heterocycles. The Bertz CT molecular complexity index is 79.0. The maximum Gasteiger partial charge on any atom is 0.0460 e. The van der Waals surface area contributed by atoms with E-state index in [0.717, 1.165) is 25.9 Å². The van der Waals surface area contributed by atoms with Crippen LogP contribution in [0.2, 0.25) is 0 Å². The van der Waals surface area contributed by atoms with Gasteiger partial charge in [0.2, 0.25) is 0 Å². The molecule has 0 radical (unpaired) electrons. The lowest BCUT2D eigenvalue weighted by Crippen LogP contribution is -2.47. The molecule has 1 aliphatic rings. The second-order valence-electron chi connectivity index (χ2n) is 2.74. The smallest absolute Gasteiger partial charge is 0.0460 e. The molecule has 1 aliphatic heterocycles. The number of piperidine rings is 1. The monoisotopic (exact) mass is 145 g/mol. The quantitative estimate of drug-likeness (QED) is 0.347. The number of rotatable bonds is 2. The summed E-state index contributed by atoms with van der Waals surface area (Å²) in [7, 11) is 0. The van der Waals surface area contributed by atoms with Crippen molar-refractivity contribution < 1.29 is 5.11 Å². The first kappa shape index (κ1) is 7.94. The van der Waals surface area contributed by atoms with Gasteiger partial charge in [-0.25, -0.2) is 5.01 Å². The summed E-state index contributed by atoms with van der Waals surface area (Å²) >= 11 is 0. The van der Waals surface area contributed by atoms with Gasteiger partial charge in [0.05, 0.1) is 0 Å².